The highest BCUT2D eigenvalue weighted by molar-refractivity contribution is 9.10. The van der Waals surface area contributed by atoms with Gasteiger partial charge in [-0.25, -0.2) is 9.97 Å². The van der Waals surface area contributed by atoms with Crippen LogP contribution < -0.4 is 10.6 Å². The summed E-state index contributed by atoms with van der Waals surface area (Å²) in [5, 5.41) is 5.85. The molecule has 7 heteroatoms. The van der Waals surface area contributed by atoms with E-state index in [2.05, 4.69) is 36.5 Å². The molecule has 0 atom stereocenters. The fraction of sp³-hybridized carbons (Fsp3) is 0.154. The van der Waals surface area contributed by atoms with Crippen LogP contribution in [0.1, 0.15) is 16.1 Å². The number of hydrogen-bond donors (Lipinski definition) is 2. The van der Waals surface area contributed by atoms with Gasteiger partial charge in [-0.05, 0) is 41.1 Å². The molecule has 0 aliphatic rings. The molecule has 0 spiro atoms. The number of nitrogens with one attached hydrogen (secondary N) is 2. The lowest BCUT2D eigenvalue weighted by Gasteiger charge is -2.08. The third-order valence-electron chi connectivity index (χ3n) is 2.62. The molecule has 0 saturated carbocycles. The van der Waals surface area contributed by atoms with Crippen molar-refractivity contribution in [1.82, 2.24) is 9.97 Å². The molecule has 2 aromatic heterocycles. The van der Waals surface area contributed by atoms with Gasteiger partial charge in [-0.15, -0.1) is 0 Å². The highest BCUT2D eigenvalue weighted by Crippen LogP contribution is 2.20. The van der Waals surface area contributed by atoms with Crippen LogP contribution >= 0.6 is 27.5 Å². The summed E-state index contributed by atoms with van der Waals surface area (Å²) in [4.78, 5) is 20.5. The van der Waals surface area contributed by atoms with Gasteiger partial charge in [0.25, 0.3) is 5.91 Å². The van der Waals surface area contributed by atoms with Crippen molar-refractivity contribution in [3.05, 3.63) is 45.1 Å². The van der Waals surface area contributed by atoms with Crippen molar-refractivity contribution in [2.24, 2.45) is 0 Å². The molecule has 2 heterocycles. The Bertz CT molecular complexity index is 663. The zero-order chi connectivity index (χ0) is 14.7. The first-order valence-electron chi connectivity index (χ1n) is 5.79. The third kappa shape index (κ3) is 3.26. The number of carbonyl (C=O) groups is 1. The van der Waals surface area contributed by atoms with Crippen LogP contribution in [0.4, 0.5) is 11.6 Å². The summed E-state index contributed by atoms with van der Waals surface area (Å²) in [7, 11) is 1.72. The Morgan fingerprint density at radius 3 is 2.75 bits per heavy atom. The van der Waals surface area contributed by atoms with Crippen molar-refractivity contribution in [1.29, 1.82) is 0 Å². The Balaban J connectivity index is 2.25. The molecule has 1 amide bonds. The standard InChI is InChI=1S/C13H12BrClN4O/c1-7-9(14)3-4-11(18-7)19-13(20)8-5-12(16-2)17-6-10(8)15/h3-6H,1-2H3,(H,16,17)(H,18,19,20). The van der Waals surface area contributed by atoms with Crippen molar-refractivity contribution in [2.45, 2.75) is 6.92 Å². The highest BCUT2D eigenvalue weighted by Gasteiger charge is 2.13. The topological polar surface area (TPSA) is 66.9 Å². The number of rotatable bonds is 3. The minimum Gasteiger partial charge on any atom is -0.373 e. The first kappa shape index (κ1) is 14.7. The molecule has 0 bridgehead atoms. The quantitative estimate of drug-likeness (QED) is 0.884. The number of aromatic nitrogens is 2. The average Bonchev–Trinajstić information content (AvgIpc) is 2.43. The van der Waals surface area contributed by atoms with Gasteiger partial charge in [0.15, 0.2) is 0 Å². The van der Waals surface area contributed by atoms with Crippen LogP contribution in [0.5, 0.6) is 0 Å². The maximum Gasteiger partial charge on any atom is 0.258 e. The van der Waals surface area contributed by atoms with Gasteiger partial charge in [0.1, 0.15) is 11.6 Å². The van der Waals surface area contributed by atoms with Gasteiger partial charge in [0.2, 0.25) is 0 Å². The number of nitrogens with zero attached hydrogens (tertiary/aromatic N) is 2. The van der Waals surface area contributed by atoms with E-state index in [0.717, 1.165) is 10.2 Å². The number of carbonyl (C=O) groups excluding carboxylic acids is 1. The number of pyridine rings is 2. The Morgan fingerprint density at radius 1 is 1.35 bits per heavy atom. The summed E-state index contributed by atoms with van der Waals surface area (Å²) in [5.74, 6) is 0.706. The van der Waals surface area contributed by atoms with Gasteiger partial charge in [0.05, 0.1) is 16.3 Å². The van der Waals surface area contributed by atoms with E-state index in [0.29, 0.717) is 17.2 Å². The largest absolute Gasteiger partial charge is 0.373 e. The zero-order valence-electron chi connectivity index (χ0n) is 10.9. The highest BCUT2D eigenvalue weighted by atomic mass is 79.9. The Labute approximate surface area is 129 Å². The van der Waals surface area contributed by atoms with E-state index in [4.69, 9.17) is 11.6 Å². The van der Waals surface area contributed by atoms with Gasteiger partial charge < -0.3 is 10.6 Å². The molecular weight excluding hydrogens is 344 g/mol. The summed E-state index contributed by atoms with van der Waals surface area (Å²) in [6.45, 7) is 1.85. The van der Waals surface area contributed by atoms with Crippen LogP contribution in [0.3, 0.4) is 0 Å². The normalized spacial score (nSPS) is 10.2. The smallest absolute Gasteiger partial charge is 0.258 e. The monoisotopic (exact) mass is 354 g/mol. The summed E-state index contributed by atoms with van der Waals surface area (Å²) in [6, 6.07) is 5.12. The first-order valence-corrected chi connectivity index (χ1v) is 6.96. The Morgan fingerprint density at radius 2 is 2.10 bits per heavy atom. The van der Waals surface area contributed by atoms with Gasteiger partial charge in [0, 0.05) is 17.7 Å². The van der Waals surface area contributed by atoms with Crippen molar-refractivity contribution >= 4 is 45.1 Å². The SMILES string of the molecule is CNc1cc(C(=O)Nc2ccc(Br)c(C)n2)c(Cl)cn1. The number of amides is 1. The zero-order valence-corrected chi connectivity index (χ0v) is 13.2. The van der Waals surface area contributed by atoms with Crippen LogP contribution in [0.15, 0.2) is 28.9 Å². The molecule has 0 aromatic carbocycles. The summed E-state index contributed by atoms with van der Waals surface area (Å²) in [6.07, 6.45) is 1.43. The number of halogens is 2. The molecular formula is C13H12BrClN4O. The fourth-order valence-corrected chi connectivity index (χ4v) is 1.96. The van der Waals surface area contributed by atoms with E-state index < -0.39 is 0 Å². The molecule has 0 saturated heterocycles. The molecule has 104 valence electrons. The summed E-state index contributed by atoms with van der Waals surface area (Å²) >= 11 is 9.35. The van der Waals surface area contributed by atoms with Crippen molar-refractivity contribution in [3.63, 3.8) is 0 Å². The molecule has 2 rings (SSSR count). The van der Waals surface area contributed by atoms with Crippen LogP contribution in [0, 0.1) is 6.92 Å². The van der Waals surface area contributed by atoms with E-state index >= 15 is 0 Å². The van der Waals surface area contributed by atoms with Gasteiger partial charge in [-0.2, -0.15) is 0 Å². The third-order valence-corrected chi connectivity index (χ3v) is 3.76. The lowest BCUT2D eigenvalue weighted by atomic mass is 10.2. The molecule has 0 unspecified atom stereocenters. The van der Waals surface area contributed by atoms with Gasteiger partial charge in [-0.3, -0.25) is 4.79 Å². The predicted octanol–water partition coefficient (Wildman–Crippen LogP) is 3.49. The molecule has 0 radical (unpaired) electrons. The van der Waals surface area contributed by atoms with Gasteiger partial charge in [-0.1, -0.05) is 11.6 Å². The van der Waals surface area contributed by atoms with Crippen LogP contribution in [0.25, 0.3) is 0 Å². The fourth-order valence-electron chi connectivity index (χ4n) is 1.55. The van der Waals surface area contributed by atoms with E-state index in [9.17, 15) is 4.79 Å². The van der Waals surface area contributed by atoms with Crippen LogP contribution in [-0.4, -0.2) is 22.9 Å². The number of hydrogen-bond acceptors (Lipinski definition) is 4. The van der Waals surface area contributed by atoms with Crippen molar-refractivity contribution in [2.75, 3.05) is 17.7 Å². The Hall–Kier alpha value is -1.66. The predicted molar refractivity (Wildman–Crippen MR) is 83.4 cm³/mol. The second kappa shape index (κ2) is 6.19. The van der Waals surface area contributed by atoms with E-state index in [1.807, 2.05) is 13.0 Å². The minimum absolute atomic E-state index is 0.287. The summed E-state index contributed by atoms with van der Waals surface area (Å²) in [5.41, 5.74) is 1.13. The first-order chi connectivity index (χ1) is 9.51. The molecule has 0 fully saturated rings. The molecule has 2 N–H and O–H groups in total. The molecule has 20 heavy (non-hydrogen) atoms. The van der Waals surface area contributed by atoms with Crippen LogP contribution in [-0.2, 0) is 0 Å². The van der Waals surface area contributed by atoms with Crippen LogP contribution in [0.2, 0.25) is 5.02 Å². The minimum atomic E-state index is -0.330. The van der Waals surface area contributed by atoms with Gasteiger partial charge >= 0.3 is 0 Å². The van der Waals surface area contributed by atoms with Crippen molar-refractivity contribution < 1.29 is 4.79 Å². The van der Waals surface area contributed by atoms with E-state index in [1.54, 1.807) is 19.2 Å². The van der Waals surface area contributed by atoms with Crippen molar-refractivity contribution in [3.8, 4) is 0 Å². The second-order valence-corrected chi connectivity index (χ2v) is 5.28. The maximum absolute atomic E-state index is 12.2. The lowest BCUT2D eigenvalue weighted by Crippen LogP contribution is -2.14. The molecule has 2 aromatic rings. The average molecular weight is 356 g/mol. The second-order valence-electron chi connectivity index (χ2n) is 4.02. The Kier molecular flexibility index (Phi) is 4.57. The number of anilines is 2. The summed E-state index contributed by atoms with van der Waals surface area (Å²) < 4.78 is 0.884. The van der Waals surface area contributed by atoms with E-state index in [-0.39, 0.29) is 10.9 Å². The maximum atomic E-state index is 12.2. The molecule has 0 aliphatic carbocycles. The lowest BCUT2D eigenvalue weighted by molar-refractivity contribution is 0.102. The number of aryl methyl sites for hydroxylation is 1. The molecule has 5 nitrogen and oxygen atoms in total. The molecule has 0 aliphatic heterocycles. The van der Waals surface area contributed by atoms with E-state index in [1.165, 1.54) is 6.20 Å².